The first kappa shape index (κ1) is 18.7. The van der Waals surface area contributed by atoms with Gasteiger partial charge >= 0.3 is 0 Å². The Balaban J connectivity index is 1.49. The van der Waals surface area contributed by atoms with E-state index in [0.29, 0.717) is 19.5 Å². The first-order chi connectivity index (χ1) is 13.3. The first-order valence-corrected chi connectivity index (χ1v) is 9.77. The molecule has 148 valence electrons. The summed E-state index contributed by atoms with van der Waals surface area (Å²) in [6, 6.07) is 4.13. The van der Waals surface area contributed by atoms with Gasteiger partial charge in [-0.05, 0) is 56.9 Å². The number of amides is 1. The molecule has 1 aromatic carbocycles. The van der Waals surface area contributed by atoms with Crippen LogP contribution in [0.2, 0.25) is 0 Å². The molecule has 2 N–H and O–H groups in total. The lowest BCUT2D eigenvalue weighted by molar-refractivity contribution is -0.129. The molecule has 1 fully saturated rings. The van der Waals surface area contributed by atoms with Gasteiger partial charge in [-0.1, -0.05) is 6.07 Å². The zero-order valence-corrected chi connectivity index (χ0v) is 16.9. The van der Waals surface area contributed by atoms with E-state index in [1.54, 1.807) is 11.2 Å². The van der Waals surface area contributed by atoms with E-state index in [9.17, 15) is 9.90 Å². The van der Waals surface area contributed by atoms with Crippen LogP contribution in [0.25, 0.3) is 11.0 Å². The smallest absolute Gasteiger partial charge is 0.227 e. The number of hydrogen-bond acceptors (Lipinski definition) is 4. The second-order valence-corrected chi connectivity index (χ2v) is 8.15. The Morgan fingerprint density at radius 3 is 2.75 bits per heavy atom. The molecule has 0 aliphatic carbocycles. The molecule has 0 radical (unpaired) electrons. The van der Waals surface area contributed by atoms with Crippen LogP contribution in [-0.4, -0.2) is 45.3 Å². The van der Waals surface area contributed by atoms with Gasteiger partial charge in [0, 0.05) is 35.7 Å². The van der Waals surface area contributed by atoms with E-state index >= 15 is 0 Å². The number of aryl methyl sites for hydroxylation is 4. The van der Waals surface area contributed by atoms with Gasteiger partial charge in [0.05, 0.1) is 24.5 Å². The average molecular weight is 381 g/mol. The third-order valence-electron chi connectivity index (χ3n) is 5.96. The Bertz CT molecular complexity index is 1030. The van der Waals surface area contributed by atoms with Crippen molar-refractivity contribution < 1.29 is 14.3 Å². The number of carbonyl (C=O) groups is 1. The number of likely N-dealkylation sites (tertiary alicyclic amines) is 1. The van der Waals surface area contributed by atoms with Crippen LogP contribution in [0.4, 0.5) is 0 Å². The lowest BCUT2D eigenvalue weighted by Crippen LogP contribution is -2.31. The lowest BCUT2D eigenvalue weighted by atomic mass is 9.98. The average Bonchev–Trinajstić information content (AvgIpc) is 3.33. The van der Waals surface area contributed by atoms with Gasteiger partial charge in [-0.25, -0.2) is 0 Å². The van der Waals surface area contributed by atoms with Crippen molar-refractivity contribution >= 4 is 16.9 Å². The Kier molecular flexibility index (Phi) is 4.75. The highest BCUT2D eigenvalue weighted by Crippen LogP contribution is 2.31. The first-order valence-electron chi connectivity index (χ1n) is 9.77. The van der Waals surface area contributed by atoms with Crippen molar-refractivity contribution in [2.75, 3.05) is 13.1 Å². The van der Waals surface area contributed by atoms with Crippen molar-refractivity contribution in [3.63, 3.8) is 0 Å². The van der Waals surface area contributed by atoms with E-state index in [1.165, 1.54) is 5.56 Å². The van der Waals surface area contributed by atoms with Crippen LogP contribution >= 0.6 is 0 Å². The number of nitrogens with zero attached hydrogens (tertiary/aromatic N) is 2. The number of nitrogens with one attached hydrogen (secondary N) is 1. The van der Waals surface area contributed by atoms with Crippen LogP contribution in [0.3, 0.4) is 0 Å². The van der Waals surface area contributed by atoms with Gasteiger partial charge in [0.2, 0.25) is 5.91 Å². The predicted molar refractivity (Wildman–Crippen MR) is 107 cm³/mol. The molecule has 1 aliphatic rings. The molecule has 4 rings (SSSR count). The molecule has 1 saturated heterocycles. The molecule has 0 unspecified atom stereocenters. The summed E-state index contributed by atoms with van der Waals surface area (Å²) >= 11 is 0. The normalized spacial score (nSPS) is 19.7. The summed E-state index contributed by atoms with van der Waals surface area (Å²) in [6.07, 6.45) is 2.14. The minimum Gasteiger partial charge on any atom is -0.464 e. The summed E-state index contributed by atoms with van der Waals surface area (Å²) < 4.78 is 5.80. The maximum Gasteiger partial charge on any atom is 0.227 e. The summed E-state index contributed by atoms with van der Waals surface area (Å²) in [4.78, 5) is 14.7. The van der Waals surface area contributed by atoms with Crippen molar-refractivity contribution in [3.05, 3.63) is 52.0 Å². The number of rotatable bonds is 4. The van der Waals surface area contributed by atoms with E-state index in [1.807, 2.05) is 19.9 Å². The fraction of sp³-hybridized carbons (Fsp3) is 0.455. The number of hydrogen-bond donors (Lipinski definition) is 2. The number of furan rings is 1. The van der Waals surface area contributed by atoms with E-state index < -0.39 is 6.10 Å². The highest BCUT2D eigenvalue weighted by molar-refractivity contribution is 5.92. The highest BCUT2D eigenvalue weighted by Gasteiger charge is 2.34. The molecule has 1 amide bonds. The third-order valence-corrected chi connectivity index (χ3v) is 5.96. The molecule has 6 nitrogen and oxygen atoms in total. The van der Waals surface area contributed by atoms with Crippen molar-refractivity contribution in [1.82, 2.24) is 15.1 Å². The topological polar surface area (TPSA) is 82.4 Å². The van der Waals surface area contributed by atoms with Crippen LogP contribution in [-0.2, 0) is 17.6 Å². The third kappa shape index (κ3) is 3.33. The van der Waals surface area contributed by atoms with E-state index in [-0.39, 0.29) is 18.2 Å². The zero-order valence-electron chi connectivity index (χ0n) is 16.9. The summed E-state index contributed by atoms with van der Waals surface area (Å²) in [7, 11) is 0. The van der Waals surface area contributed by atoms with Crippen molar-refractivity contribution in [2.45, 2.75) is 46.6 Å². The molecule has 2 atom stereocenters. The summed E-state index contributed by atoms with van der Waals surface area (Å²) in [6.45, 7) is 9.06. The van der Waals surface area contributed by atoms with Gasteiger partial charge in [0.15, 0.2) is 0 Å². The maximum atomic E-state index is 12.9. The molecule has 2 aromatic heterocycles. The number of carbonyl (C=O) groups excluding carboxylic acids is 1. The van der Waals surface area contributed by atoms with Crippen LogP contribution < -0.4 is 0 Å². The lowest BCUT2D eigenvalue weighted by Gasteiger charge is -2.16. The minimum absolute atomic E-state index is 0.0133. The Morgan fingerprint density at radius 1 is 1.25 bits per heavy atom. The molecular formula is C22H27N3O3. The number of benzene rings is 1. The number of β-amino-alcohol motifs (C(OH)–C–C–N with tert-alkyl or cyclic N) is 1. The quantitative estimate of drug-likeness (QED) is 0.728. The Morgan fingerprint density at radius 2 is 2.04 bits per heavy atom. The van der Waals surface area contributed by atoms with Crippen molar-refractivity contribution in [1.29, 1.82) is 0 Å². The maximum absolute atomic E-state index is 12.9. The van der Waals surface area contributed by atoms with Crippen LogP contribution in [0, 0.1) is 33.6 Å². The van der Waals surface area contributed by atoms with Gasteiger partial charge in [0.1, 0.15) is 5.58 Å². The number of aromatic nitrogens is 2. The number of fused-ring (bicyclic) bond motifs is 1. The zero-order chi connectivity index (χ0) is 20.0. The highest BCUT2D eigenvalue weighted by atomic mass is 16.3. The number of aliphatic hydroxyl groups excluding tert-OH is 1. The van der Waals surface area contributed by atoms with E-state index in [2.05, 4.69) is 30.1 Å². The SMILES string of the molecule is Cc1cc(C[C@@H]2CN(C(=O)Cc3coc4c(C)c(C)cc(C)c34)C[C@H]2O)n[nH]1. The molecule has 0 saturated carbocycles. The minimum atomic E-state index is -0.520. The number of aliphatic hydroxyl groups is 1. The monoisotopic (exact) mass is 381 g/mol. The largest absolute Gasteiger partial charge is 0.464 e. The second-order valence-electron chi connectivity index (χ2n) is 8.15. The summed E-state index contributed by atoms with van der Waals surface area (Å²) in [5.74, 6) is 0.0412. The fourth-order valence-corrected chi connectivity index (χ4v) is 4.30. The van der Waals surface area contributed by atoms with Gasteiger partial charge in [-0.2, -0.15) is 5.10 Å². The predicted octanol–water partition coefficient (Wildman–Crippen LogP) is 2.99. The van der Waals surface area contributed by atoms with Gasteiger partial charge in [0.25, 0.3) is 0 Å². The number of aromatic amines is 1. The van der Waals surface area contributed by atoms with Crippen LogP contribution in [0.15, 0.2) is 22.8 Å². The standard InChI is InChI=1S/C22H27N3O3/c1-12-5-13(2)21-17(11-28-22(21)15(12)4)8-20(27)25-9-16(19(26)10-25)7-18-6-14(3)23-24-18/h5-6,11,16,19,26H,7-10H2,1-4H3,(H,23,24)/t16-,19-/m1/s1. The Hall–Kier alpha value is -2.60. The van der Waals surface area contributed by atoms with Crippen LogP contribution in [0.1, 0.15) is 33.6 Å². The summed E-state index contributed by atoms with van der Waals surface area (Å²) in [5, 5.41) is 18.7. The molecule has 0 spiro atoms. The van der Waals surface area contributed by atoms with Crippen molar-refractivity contribution in [2.24, 2.45) is 5.92 Å². The number of H-pyrrole nitrogens is 1. The molecule has 3 heterocycles. The van der Waals surface area contributed by atoms with Gasteiger partial charge in [-0.3, -0.25) is 9.89 Å². The summed E-state index contributed by atoms with van der Waals surface area (Å²) in [5.41, 5.74) is 7.15. The van der Waals surface area contributed by atoms with Gasteiger partial charge < -0.3 is 14.4 Å². The van der Waals surface area contributed by atoms with Crippen LogP contribution in [0.5, 0.6) is 0 Å². The van der Waals surface area contributed by atoms with E-state index in [4.69, 9.17) is 4.42 Å². The molecule has 28 heavy (non-hydrogen) atoms. The molecule has 1 aliphatic heterocycles. The second kappa shape index (κ2) is 7.09. The molecule has 0 bridgehead atoms. The fourth-order valence-electron chi connectivity index (χ4n) is 4.30. The molecular weight excluding hydrogens is 354 g/mol. The van der Waals surface area contributed by atoms with Crippen molar-refractivity contribution in [3.8, 4) is 0 Å². The molecule has 6 heteroatoms. The van der Waals surface area contributed by atoms with E-state index in [0.717, 1.165) is 39.0 Å². The molecule has 3 aromatic rings. The van der Waals surface area contributed by atoms with Gasteiger partial charge in [-0.15, -0.1) is 0 Å². The Labute approximate surface area is 164 Å².